The Hall–Kier alpha value is -0.130. The van der Waals surface area contributed by atoms with Gasteiger partial charge < -0.3 is 0 Å². The van der Waals surface area contributed by atoms with E-state index in [4.69, 9.17) is 0 Å². The van der Waals surface area contributed by atoms with Gasteiger partial charge in [-0.15, -0.1) is 0 Å². The van der Waals surface area contributed by atoms with Gasteiger partial charge >= 0.3 is 137 Å². The summed E-state index contributed by atoms with van der Waals surface area (Å²) < 4.78 is 124. The quantitative estimate of drug-likeness (QED) is 0.460. The fourth-order valence-corrected chi connectivity index (χ4v) is 16.4. The van der Waals surface area contributed by atoms with Gasteiger partial charge in [0, 0.05) is 0 Å². The Morgan fingerprint density at radius 1 is 0.667 bits per heavy atom. The van der Waals surface area contributed by atoms with Crippen molar-refractivity contribution in [2.45, 2.75) is 38.7 Å². The first-order valence-corrected chi connectivity index (χ1v) is 12.7. The van der Waals surface area contributed by atoms with Gasteiger partial charge in [0.1, 0.15) is 0 Å². The summed E-state index contributed by atoms with van der Waals surface area (Å²) in [6, 6.07) is 0. The fraction of sp³-hybridized carbons (Fsp3) is 1.00. The van der Waals surface area contributed by atoms with Gasteiger partial charge in [0.25, 0.3) is 0 Å². The molecule has 0 atom stereocenters. The summed E-state index contributed by atoms with van der Waals surface area (Å²) in [5, 5.41) is 0. The Morgan fingerprint density at radius 2 is 0.875 bits per heavy atom. The van der Waals surface area contributed by atoms with E-state index in [1.165, 1.54) is 27.7 Å². The van der Waals surface area contributed by atoms with Crippen molar-refractivity contribution in [2.24, 2.45) is 0 Å². The van der Waals surface area contributed by atoms with Gasteiger partial charge in [-0.25, -0.2) is 0 Å². The molecule has 0 aliphatic heterocycles. The van der Waals surface area contributed by atoms with Gasteiger partial charge in [-0.3, -0.25) is 0 Å². The zero-order chi connectivity index (χ0) is 19.9. The predicted molar refractivity (Wildman–Crippen MR) is 80.9 cm³/mol. The van der Waals surface area contributed by atoms with Crippen LogP contribution < -0.4 is 0 Å². The Morgan fingerprint density at radius 3 is 1.00 bits per heavy atom. The third-order valence-electron chi connectivity index (χ3n) is 4.71. The van der Waals surface area contributed by atoms with Crippen molar-refractivity contribution in [3.8, 4) is 0 Å². The van der Waals surface area contributed by atoms with Crippen LogP contribution in [0.25, 0.3) is 0 Å². The SMILES string of the molecule is CCP(CC)(CC)(CC)N(S(=O)(=O)C(F)(F)F)S(=O)(=O)C(F)(F)F. The van der Waals surface area contributed by atoms with E-state index in [1.54, 1.807) is 0 Å². The molecule has 0 unspecified atom stereocenters. The molecule has 0 saturated carbocycles. The van der Waals surface area contributed by atoms with Crippen molar-refractivity contribution in [1.82, 2.24) is 3.48 Å². The summed E-state index contributed by atoms with van der Waals surface area (Å²) >= 11 is 0. The van der Waals surface area contributed by atoms with E-state index in [0.717, 1.165) is 0 Å². The third kappa shape index (κ3) is 3.28. The zero-order valence-corrected chi connectivity index (χ0v) is 16.0. The Balaban J connectivity index is 7.33. The Kier molecular flexibility index (Phi) is 6.51. The van der Waals surface area contributed by atoms with E-state index in [2.05, 4.69) is 0 Å². The van der Waals surface area contributed by atoms with Gasteiger partial charge in [0.05, 0.1) is 0 Å². The molecule has 0 aromatic heterocycles. The maximum atomic E-state index is 13.0. The molecule has 0 fully saturated rings. The molecule has 0 saturated heterocycles. The molecule has 0 heterocycles. The summed E-state index contributed by atoms with van der Waals surface area (Å²) in [5.74, 6) is 0. The standard InChI is InChI=1S/C10H20F6NO4PS2/c1-5-22(6-2,7-3,8-4)17(23(18,19)9(11,12)13)24(20,21)10(14,15)16/h5-8H2,1-4H3. The number of hydrogen-bond donors (Lipinski definition) is 0. The Labute approximate surface area is 137 Å². The topological polar surface area (TPSA) is 71.5 Å². The van der Waals surface area contributed by atoms with Gasteiger partial charge in [-0.2, -0.15) is 0 Å². The second-order valence-corrected chi connectivity index (χ2v) is 16.3. The normalized spacial score (nSPS) is 16.9. The summed E-state index contributed by atoms with van der Waals surface area (Å²) in [7, 11) is -13.5. The summed E-state index contributed by atoms with van der Waals surface area (Å²) in [6.45, 7) is 0.187. The molecular formula is C10H20F6NO4PS2. The molecule has 5 nitrogen and oxygen atoms in total. The molecule has 14 heteroatoms. The van der Waals surface area contributed by atoms with Crippen LogP contribution in [-0.4, -0.2) is 56.0 Å². The molecule has 0 amide bonds. The van der Waals surface area contributed by atoms with Crippen LogP contribution >= 0.6 is 6.75 Å². The van der Waals surface area contributed by atoms with Crippen LogP contribution in [0, 0.1) is 0 Å². The predicted octanol–water partition coefficient (Wildman–Crippen LogP) is 3.54. The average molecular weight is 427 g/mol. The minimum absolute atomic E-state index is 0.431. The first-order chi connectivity index (χ1) is 10.4. The van der Waals surface area contributed by atoms with Crippen molar-refractivity contribution in [1.29, 1.82) is 0 Å². The van der Waals surface area contributed by atoms with Crippen molar-refractivity contribution in [2.75, 3.05) is 24.6 Å². The second-order valence-electron chi connectivity index (χ2n) is 5.25. The molecule has 0 rings (SSSR count). The van der Waals surface area contributed by atoms with Crippen molar-refractivity contribution in [3.63, 3.8) is 0 Å². The second kappa shape index (κ2) is 6.55. The van der Waals surface area contributed by atoms with Crippen LogP contribution in [0.3, 0.4) is 0 Å². The number of nitrogens with zero attached hydrogens (tertiary/aromatic N) is 1. The maximum absolute atomic E-state index is 13.0. The first kappa shape index (κ1) is 23.9. The van der Waals surface area contributed by atoms with Crippen LogP contribution in [0.4, 0.5) is 26.3 Å². The molecule has 24 heavy (non-hydrogen) atoms. The van der Waals surface area contributed by atoms with Gasteiger partial charge in [0.15, 0.2) is 0 Å². The van der Waals surface area contributed by atoms with Gasteiger partial charge in [-0.1, -0.05) is 0 Å². The van der Waals surface area contributed by atoms with Crippen LogP contribution in [0.2, 0.25) is 0 Å². The van der Waals surface area contributed by atoms with Crippen LogP contribution in [-0.2, 0) is 20.0 Å². The molecule has 0 aliphatic carbocycles. The zero-order valence-electron chi connectivity index (χ0n) is 13.4. The monoisotopic (exact) mass is 427 g/mol. The summed E-state index contributed by atoms with van der Waals surface area (Å²) in [5.41, 5.74) is -12.4. The number of hydrogen-bond acceptors (Lipinski definition) is 4. The van der Waals surface area contributed by atoms with Crippen molar-refractivity contribution in [3.05, 3.63) is 0 Å². The van der Waals surface area contributed by atoms with Crippen molar-refractivity contribution >= 4 is 26.8 Å². The fourth-order valence-electron chi connectivity index (χ4n) is 2.72. The summed E-state index contributed by atoms with van der Waals surface area (Å²) in [6.07, 6.45) is -1.72. The van der Waals surface area contributed by atoms with Crippen LogP contribution in [0.15, 0.2) is 0 Å². The molecule has 0 N–H and O–H groups in total. The van der Waals surface area contributed by atoms with Crippen LogP contribution in [0.5, 0.6) is 0 Å². The van der Waals surface area contributed by atoms with E-state index in [1.807, 2.05) is 0 Å². The molecule has 0 aromatic carbocycles. The van der Waals surface area contributed by atoms with E-state index in [0.29, 0.717) is 0 Å². The number of alkyl halides is 6. The number of sulfonamides is 2. The Bertz CT molecular complexity index is 599. The third-order valence-corrected chi connectivity index (χ3v) is 19.4. The number of halogens is 6. The van der Waals surface area contributed by atoms with E-state index >= 15 is 0 Å². The minimum atomic E-state index is -6.76. The van der Waals surface area contributed by atoms with Crippen LogP contribution in [0.1, 0.15) is 27.7 Å². The molecule has 0 radical (unpaired) electrons. The van der Waals surface area contributed by atoms with Gasteiger partial charge in [0.2, 0.25) is 0 Å². The average Bonchev–Trinajstić information content (AvgIpc) is 2.42. The van der Waals surface area contributed by atoms with E-state index in [9.17, 15) is 43.2 Å². The molecule has 148 valence electrons. The molecule has 0 bridgehead atoms. The van der Waals surface area contributed by atoms with Gasteiger partial charge in [-0.05, 0) is 0 Å². The summed E-state index contributed by atoms with van der Waals surface area (Å²) in [4.78, 5) is 0. The molecule has 0 aromatic rings. The van der Waals surface area contributed by atoms with E-state index in [-0.39, 0.29) is 0 Å². The molecule has 0 aliphatic rings. The molecule has 0 spiro atoms. The molecular weight excluding hydrogens is 407 g/mol. The number of rotatable bonds is 7. The van der Waals surface area contributed by atoms with Crippen molar-refractivity contribution < 1.29 is 43.2 Å². The van der Waals surface area contributed by atoms with E-state index < -0.39 is 65.9 Å². The first-order valence-electron chi connectivity index (χ1n) is 6.87.